The summed E-state index contributed by atoms with van der Waals surface area (Å²) in [6.07, 6.45) is -1.48. The van der Waals surface area contributed by atoms with E-state index in [-0.39, 0.29) is 5.91 Å². The van der Waals surface area contributed by atoms with Crippen molar-refractivity contribution < 1.29 is 23.8 Å². The Balaban J connectivity index is 1.98. The molecule has 0 unspecified atom stereocenters. The molecule has 26 heavy (non-hydrogen) atoms. The Morgan fingerprint density at radius 3 is 2.23 bits per heavy atom. The Bertz CT molecular complexity index is 778. The van der Waals surface area contributed by atoms with Gasteiger partial charge in [0.15, 0.2) is 12.2 Å². The van der Waals surface area contributed by atoms with E-state index in [0.717, 1.165) is 0 Å². The van der Waals surface area contributed by atoms with Crippen LogP contribution in [-0.4, -0.2) is 31.2 Å². The van der Waals surface area contributed by atoms with Crippen molar-refractivity contribution >= 4 is 23.3 Å². The number of hydrogen-bond acceptors (Lipinski definition) is 6. The molecule has 2 rings (SSSR count). The molecule has 138 valence electrons. The molecule has 0 bridgehead atoms. The Morgan fingerprint density at radius 2 is 1.58 bits per heavy atom. The lowest BCUT2D eigenvalue weighted by Gasteiger charge is -2.16. The summed E-state index contributed by atoms with van der Waals surface area (Å²) in [7, 11) is 1.29. The zero-order chi connectivity index (χ0) is 19.1. The Hall–Kier alpha value is -3.22. The molecule has 0 aliphatic heterocycles. The second kappa shape index (κ2) is 8.75. The van der Waals surface area contributed by atoms with E-state index in [2.05, 4.69) is 10.1 Å². The molecule has 0 spiro atoms. The minimum Gasteiger partial charge on any atom is -0.481 e. The SMILES string of the molecule is COC(=O)[C@@H](C)Oc1cccc(NC(=O)[C@@H](C)Oc2cccc(N)c2)c1. The first-order valence-electron chi connectivity index (χ1n) is 8.06. The van der Waals surface area contributed by atoms with Gasteiger partial charge >= 0.3 is 5.97 Å². The highest BCUT2D eigenvalue weighted by Gasteiger charge is 2.17. The van der Waals surface area contributed by atoms with Crippen molar-refractivity contribution in [2.24, 2.45) is 0 Å². The molecule has 2 atom stereocenters. The maximum absolute atomic E-state index is 12.3. The summed E-state index contributed by atoms with van der Waals surface area (Å²) in [6, 6.07) is 13.6. The van der Waals surface area contributed by atoms with Gasteiger partial charge in [0.05, 0.1) is 7.11 Å². The fraction of sp³-hybridized carbons (Fsp3) is 0.263. The number of amides is 1. The minimum absolute atomic E-state index is 0.328. The number of rotatable bonds is 7. The van der Waals surface area contributed by atoms with Gasteiger partial charge in [-0.1, -0.05) is 12.1 Å². The summed E-state index contributed by atoms with van der Waals surface area (Å²) >= 11 is 0. The highest BCUT2D eigenvalue weighted by molar-refractivity contribution is 5.94. The van der Waals surface area contributed by atoms with Gasteiger partial charge in [0, 0.05) is 23.5 Å². The maximum Gasteiger partial charge on any atom is 0.346 e. The number of carbonyl (C=O) groups excluding carboxylic acids is 2. The van der Waals surface area contributed by atoms with E-state index in [0.29, 0.717) is 22.9 Å². The van der Waals surface area contributed by atoms with Crippen molar-refractivity contribution in [1.29, 1.82) is 0 Å². The first-order chi connectivity index (χ1) is 12.4. The monoisotopic (exact) mass is 358 g/mol. The van der Waals surface area contributed by atoms with Gasteiger partial charge in [-0.25, -0.2) is 4.79 Å². The zero-order valence-electron chi connectivity index (χ0n) is 14.9. The Kier molecular flexibility index (Phi) is 6.43. The normalized spacial score (nSPS) is 12.6. The van der Waals surface area contributed by atoms with Gasteiger partial charge in [0.25, 0.3) is 5.91 Å². The van der Waals surface area contributed by atoms with Crippen molar-refractivity contribution in [3.8, 4) is 11.5 Å². The standard InChI is InChI=1S/C19H22N2O5/c1-12(25-16-8-4-6-14(20)10-16)18(22)21-15-7-5-9-17(11-15)26-13(2)19(23)24-3/h4-13H,20H2,1-3H3,(H,21,22)/t12-,13-/m1/s1. The van der Waals surface area contributed by atoms with Crippen molar-refractivity contribution in [3.05, 3.63) is 48.5 Å². The molecule has 0 aliphatic carbocycles. The van der Waals surface area contributed by atoms with E-state index in [1.165, 1.54) is 7.11 Å². The molecule has 0 fully saturated rings. The molecule has 2 aromatic rings. The molecular formula is C19H22N2O5. The van der Waals surface area contributed by atoms with Crippen LogP contribution in [0, 0.1) is 0 Å². The third kappa shape index (κ3) is 5.41. The average Bonchev–Trinajstić information content (AvgIpc) is 2.61. The van der Waals surface area contributed by atoms with Gasteiger partial charge in [-0.15, -0.1) is 0 Å². The Morgan fingerprint density at radius 1 is 0.962 bits per heavy atom. The quantitative estimate of drug-likeness (QED) is 0.583. The van der Waals surface area contributed by atoms with Gasteiger partial charge < -0.3 is 25.3 Å². The second-order valence-electron chi connectivity index (χ2n) is 5.63. The van der Waals surface area contributed by atoms with Gasteiger partial charge in [-0.3, -0.25) is 4.79 Å². The molecule has 0 saturated carbocycles. The smallest absolute Gasteiger partial charge is 0.346 e. The van der Waals surface area contributed by atoms with Crippen LogP contribution in [0.5, 0.6) is 11.5 Å². The van der Waals surface area contributed by atoms with Gasteiger partial charge in [0.2, 0.25) is 0 Å². The van der Waals surface area contributed by atoms with Crippen LogP contribution in [0.4, 0.5) is 11.4 Å². The van der Waals surface area contributed by atoms with E-state index in [4.69, 9.17) is 15.2 Å². The number of nitrogen functional groups attached to an aromatic ring is 1. The fourth-order valence-electron chi connectivity index (χ4n) is 2.15. The first kappa shape index (κ1) is 19.1. The number of hydrogen-bond donors (Lipinski definition) is 2. The fourth-order valence-corrected chi connectivity index (χ4v) is 2.15. The summed E-state index contributed by atoms with van der Waals surface area (Å²) in [4.78, 5) is 23.7. The number of nitrogens with one attached hydrogen (secondary N) is 1. The number of esters is 1. The molecule has 0 aliphatic rings. The number of methoxy groups -OCH3 is 1. The van der Waals surface area contributed by atoms with Crippen LogP contribution >= 0.6 is 0 Å². The summed E-state index contributed by atoms with van der Waals surface area (Å²) in [5, 5.41) is 2.74. The number of nitrogens with two attached hydrogens (primary N) is 1. The topological polar surface area (TPSA) is 99.9 Å². The van der Waals surface area contributed by atoms with Gasteiger partial charge in [-0.05, 0) is 38.1 Å². The largest absolute Gasteiger partial charge is 0.481 e. The summed E-state index contributed by atoms with van der Waals surface area (Å²) in [5.41, 5.74) is 6.77. The zero-order valence-corrected chi connectivity index (χ0v) is 14.9. The van der Waals surface area contributed by atoms with Crippen LogP contribution in [0.2, 0.25) is 0 Å². The van der Waals surface area contributed by atoms with E-state index < -0.39 is 18.2 Å². The van der Waals surface area contributed by atoms with E-state index in [1.807, 2.05) is 0 Å². The van der Waals surface area contributed by atoms with Crippen LogP contribution in [0.15, 0.2) is 48.5 Å². The number of ether oxygens (including phenoxy) is 3. The molecule has 0 saturated heterocycles. The molecule has 7 nitrogen and oxygen atoms in total. The molecule has 2 aromatic carbocycles. The summed E-state index contributed by atoms with van der Waals surface area (Å²) in [6.45, 7) is 3.22. The molecule has 0 heterocycles. The van der Waals surface area contributed by atoms with Crippen LogP contribution in [0.25, 0.3) is 0 Å². The number of benzene rings is 2. The first-order valence-corrected chi connectivity index (χ1v) is 8.06. The lowest BCUT2D eigenvalue weighted by Crippen LogP contribution is -2.30. The van der Waals surface area contributed by atoms with Crippen LogP contribution in [-0.2, 0) is 14.3 Å². The molecule has 0 aromatic heterocycles. The summed E-state index contributed by atoms with van der Waals surface area (Å²) < 4.78 is 15.7. The molecule has 3 N–H and O–H groups in total. The second-order valence-corrected chi connectivity index (χ2v) is 5.63. The Labute approximate surface area is 152 Å². The average molecular weight is 358 g/mol. The van der Waals surface area contributed by atoms with Crippen molar-refractivity contribution in [2.75, 3.05) is 18.2 Å². The van der Waals surface area contributed by atoms with Gasteiger partial charge in [0.1, 0.15) is 11.5 Å². The lowest BCUT2D eigenvalue weighted by molar-refractivity contribution is -0.147. The molecule has 1 amide bonds. The van der Waals surface area contributed by atoms with Crippen molar-refractivity contribution in [2.45, 2.75) is 26.1 Å². The molecule has 0 radical (unpaired) electrons. The van der Waals surface area contributed by atoms with Crippen LogP contribution < -0.4 is 20.5 Å². The predicted octanol–water partition coefficient (Wildman–Crippen LogP) is 2.62. The van der Waals surface area contributed by atoms with Crippen molar-refractivity contribution in [3.63, 3.8) is 0 Å². The highest BCUT2D eigenvalue weighted by atomic mass is 16.6. The number of anilines is 2. The lowest BCUT2D eigenvalue weighted by atomic mass is 10.2. The van der Waals surface area contributed by atoms with E-state index in [1.54, 1.807) is 62.4 Å². The predicted molar refractivity (Wildman–Crippen MR) is 98.1 cm³/mol. The highest BCUT2D eigenvalue weighted by Crippen LogP contribution is 2.20. The summed E-state index contributed by atoms with van der Waals surface area (Å²) in [5.74, 6) is 0.135. The third-order valence-corrected chi connectivity index (χ3v) is 3.49. The minimum atomic E-state index is -0.753. The number of carbonyl (C=O) groups is 2. The van der Waals surface area contributed by atoms with Crippen LogP contribution in [0.3, 0.4) is 0 Å². The third-order valence-electron chi connectivity index (χ3n) is 3.49. The van der Waals surface area contributed by atoms with E-state index >= 15 is 0 Å². The van der Waals surface area contributed by atoms with Gasteiger partial charge in [-0.2, -0.15) is 0 Å². The van der Waals surface area contributed by atoms with E-state index in [9.17, 15) is 9.59 Å². The molecular weight excluding hydrogens is 336 g/mol. The molecule has 7 heteroatoms. The van der Waals surface area contributed by atoms with Crippen LogP contribution in [0.1, 0.15) is 13.8 Å². The maximum atomic E-state index is 12.3. The van der Waals surface area contributed by atoms with Crippen molar-refractivity contribution in [1.82, 2.24) is 0 Å².